The molecule has 33 heavy (non-hydrogen) atoms. The minimum absolute atomic E-state index is 0.0262. The second-order valence-corrected chi connectivity index (χ2v) is 9.07. The fraction of sp³-hybridized carbons (Fsp3) is 0.0769. The van der Waals surface area contributed by atoms with Gasteiger partial charge in [-0.05, 0) is 40.5 Å². The minimum Gasteiger partial charge on any atom is -0.384 e. The lowest BCUT2D eigenvalue weighted by atomic mass is 9.88. The quantitative estimate of drug-likeness (QED) is 0.359. The van der Waals surface area contributed by atoms with Crippen LogP contribution >= 0.6 is 11.3 Å². The molecule has 0 aliphatic heterocycles. The second-order valence-electron chi connectivity index (χ2n) is 7.96. The van der Waals surface area contributed by atoms with E-state index in [-0.39, 0.29) is 5.92 Å². The predicted molar refractivity (Wildman–Crippen MR) is 133 cm³/mol. The largest absolute Gasteiger partial charge is 0.384 e. The van der Waals surface area contributed by atoms with E-state index in [0.717, 1.165) is 28.0 Å². The average Bonchev–Trinajstić information content (AvgIpc) is 3.49. The number of nitrogens with one attached hydrogen (secondary N) is 1. The molecule has 0 bridgehead atoms. The Morgan fingerprint density at radius 1 is 0.818 bits per heavy atom. The molecule has 0 saturated carbocycles. The van der Waals surface area contributed by atoms with Crippen molar-refractivity contribution in [3.8, 4) is 11.1 Å². The number of H-pyrrole nitrogens is 1. The number of nitrogens with two attached hydrogens (primary N) is 1. The van der Waals surface area contributed by atoms with Gasteiger partial charge in [-0.25, -0.2) is 9.97 Å². The first-order valence-electron chi connectivity index (χ1n) is 10.7. The van der Waals surface area contributed by atoms with Crippen molar-refractivity contribution in [2.75, 3.05) is 5.73 Å². The van der Waals surface area contributed by atoms with Crippen LogP contribution in [0, 0.1) is 0 Å². The predicted octanol–water partition coefficient (Wildman–Crippen LogP) is 5.59. The summed E-state index contributed by atoms with van der Waals surface area (Å²) in [6, 6.07) is 29.2. The molecular formula is C26H20N6S. The molecular weight excluding hydrogens is 428 g/mol. The Morgan fingerprint density at radius 2 is 1.61 bits per heavy atom. The normalized spacial score (nSPS) is 12.4. The van der Waals surface area contributed by atoms with Gasteiger partial charge in [0, 0.05) is 12.3 Å². The van der Waals surface area contributed by atoms with E-state index >= 15 is 0 Å². The van der Waals surface area contributed by atoms with Crippen LogP contribution in [0.2, 0.25) is 0 Å². The van der Waals surface area contributed by atoms with Crippen LogP contribution in [-0.2, 0) is 6.42 Å². The van der Waals surface area contributed by atoms with Crippen LogP contribution in [-0.4, -0.2) is 25.4 Å². The lowest BCUT2D eigenvalue weighted by molar-refractivity contribution is 0.803. The van der Waals surface area contributed by atoms with Crippen molar-refractivity contribution in [3.05, 3.63) is 101 Å². The maximum Gasteiger partial charge on any atom is 0.203 e. The average molecular weight is 449 g/mol. The Balaban J connectivity index is 1.43. The number of anilines is 1. The highest BCUT2D eigenvalue weighted by atomic mass is 32.1. The monoisotopic (exact) mass is 448 g/mol. The Labute approximate surface area is 194 Å². The molecule has 3 N–H and O–H groups in total. The molecule has 160 valence electrons. The maximum atomic E-state index is 6.12. The zero-order valence-electron chi connectivity index (χ0n) is 17.6. The van der Waals surface area contributed by atoms with Crippen LogP contribution in [0.5, 0.6) is 0 Å². The summed E-state index contributed by atoms with van der Waals surface area (Å²) in [5, 5.41) is 12.3. The molecule has 1 unspecified atom stereocenters. The summed E-state index contributed by atoms with van der Waals surface area (Å²) in [6.07, 6.45) is 0.732. The molecule has 3 aromatic heterocycles. The van der Waals surface area contributed by atoms with Crippen molar-refractivity contribution in [2.24, 2.45) is 0 Å². The first-order valence-corrected chi connectivity index (χ1v) is 11.5. The molecule has 0 spiro atoms. The molecule has 0 aliphatic carbocycles. The number of pyridine rings is 1. The van der Waals surface area contributed by atoms with Crippen molar-refractivity contribution < 1.29 is 0 Å². The van der Waals surface area contributed by atoms with Crippen LogP contribution in [0.15, 0.2) is 84.9 Å². The van der Waals surface area contributed by atoms with E-state index in [1.807, 2.05) is 18.2 Å². The highest BCUT2D eigenvalue weighted by molar-refractivity contribution is 7.18. The van der Waals surface area contributed by atoms with E-state index in [1.54, 1.807) is 11.3 Å². The lowest BCUT2D eigenvalue weighted by Gasteiger charge is -2.17. The molecule has 1 atom stereocenters. The van der Waals surface area contributed by atoms with Gasteiger partial charge < -0.3 is 5.73 Å². The number of thiazole rings is 1. The Kier molecular flexibility index (Phi) is 4.81. The van der Waals surface area contributed by atoms with Crippen molar-refractivity contribution in [2.45, 2.75) is 12.3 Å². The summed E-state index contributed by atoms with van der Waals surface area (Å²) in [7, 11) is 0. The zero-order valence-corrected chi connectivity index (χ0v) is 18.5. The summed E-state index contributed by atoms with van der Waals surface area (Å²) >= 11 is 1.73. The molecule has 0 amide bonds. The highest BCUT2D eigenvalue weighted by Gasteiger charge is 2.22. The van der Waals surface area contributed by atoms with E-state index < -0.39 is 0 Å². The molecule has 0 radical (unpaired) electrons. The molecule has 3 heterocycles. The number of aromatic nitrogens is 5. The van der Waals surface area contributed by atoms with Gasteiger partial charge in [0.15, 0.2) is 0 Å². The van der Waals surface area contributed by atoms with E-state index in [9.17, 15) is 0 Å². The number of fused-ring (bicyclic) bond motifs is 2. The van der Waals surface area contributed by atoms with Gasteiger partial charge in [0.1, 0.15) is 11.3 Å². The SMILES string of the molecule is Nc1cc(C(Cc2nc3ccc(-c4ccccc4)cc3s2)c2ccccc2)c2n[nH]nc2n1. The number of aromatic amines is 1. The van der Waals surface area contributed by atoms with Crippen LogP contribution in [0.25, 0.3) is 32.5 Å². The van der Waals surface area contributed by atoms with E-state index in [2.05, 4.69) is 87.1 Å². The van der Waals surface area contributed by atoms with E-state index in [0.29, 0.717) is 11.5 Å². The minimum atomic E-state index is 0.0262. The van der Waals surface area contributed by atoms with Crippen LogP contribution in [0.1, 0.15) is 22.1 Å². The Hall–Kier alpha value is -4.10. The topological polar surface area (TPSA) is 93.4 Å². The molecule has 7 heteroatoms. The highest BCUT2D eigenvalue weighted by Crippen LogP contribution is 2.36. The lowest BCUT2D eigenvalue weighted by Crippen LogP contribution is -2.07. The Morgan fingerprint density at radius 3 is 2.42 bits per heavy atom. The number of hydrogen-bond acceptors (Lipinski definition) is 6. The van der Waals surface area contributed by atoms with Gasteiger partial charge in [-0.2, -0.15) is 10.3 Å². The van der Waals surface area contributed by atoms with Gasteiger partial charge in [-0.1, -0.05) is 66.7 Å². The number of rotatable bonds is 5. The van der Waals surface area contributed by atoms with Crippen molar-refractivity contribution in [1.82, 2.24) is 25.4 Å². The molecule has 6 nitrogen and oxygen atoms in total. The summed E-state index contributed by atoms with van der Waals surface area (Å²) < 4.78 is 1.18. The van der Waals surface area contributed by atoms with E-state index in [4.69, 9.17) is 10.7 Å². The number of nitrogen functional groups attached to an aromatic ring is 1. The van der Waals surface area contributed by atoms with Gasteiger partial charge in [0.2, 0.25) is 5.65 Å². The molecule has 0 aliphatic rings. The number of hydrogen-bond donors (Lipinski definition) is 2. The van der Waals surface area contributed by atoms with Crippen LogP contribution in [0.3, 0.4) is 0 Å². The summed E-state index contributed by atoms with van der Waals surface area (Å²) in [6.45, 7) is 0. The molecule has 0 fully saturated rings. The standard InChI is InChI=1S/C26H20N6S/c27-23-14-20(25-26(29-23)31-32-30-25)19(17-9-5-2-6-10-17)15-24-28-21-12-11-18(13-22(21)33-24)16-7-3-1-4-8-16/h1-14,19H,15H2,(H3,27,29,30,31,32). The summed E-state index contributed by atoms with van der Waals surface area (Å²) in [5.41, 5.74) is 13.0. The first-order chi connectivity index (χ1) is 16.2. The molecule has 0 saturated heterocycles. The van der Waals surface area contributed by atoms with Crippen molar-refractivity contribution >= 4 is 38.5 Å². The van der Waals surface area contributed by atoms with Crippen LogP contribution in [0.4, 0.5) is 5.82 Å². The van der Waals surface area contributed by atoms with E-state index in [1.165, 1.54) is 21.4 Å². The third-order valence-electron chi connectivity index (χ3n) is 5.84. The maximum absolute atomic E-state index is 6.12. The molecule has 3 aromatic carbocycles. The number of benzene rings is 3. The molecule has 6 rings (SSSR count). The Bertz CT molecular complexity index is 1560. The summed E-state index contributed by atoms with van der Waals surface area (Å²) in [4.78, 5) is 9.27. The van der Waals surface area contributed by atoms with Gasteiger partial charge >= 0.3 is 0 Å². The van der Waals surface area contributed by atoms with Crippen molar-refractivity contribution in [3.63, 3.8) is 0 Å². The third-order valence-corrected chi connectivity index (χ3v) is 6.88. The van der Waals surface area contributed by atoms with Gasteiger partial charge in [-0.3, -0.25) is 0 Å². The van der Waals surface area contributed by atoms with Gasteiger partial charge in [0.25, 0.3) is 0 Å². The van der Waals surface area contributed by atoms with Gasteiger partial charge in [0.05, 0.1) is 15.2 Å². The van der Waals surface area contributed by atoms with Crippen LogP contribution < -0.4 is 5.73 Å². The first kappa shape index (κ1) is 19.6. The number of nitrogens with zero attached hydrogens (tertiary/aromatic N) is 4. The fourth-order valence-electron chi connectivity index (χ4n) is 4.28. The van der Waals surface area contributed by atoms with Gasteiger partial charge in [-0.15, -0.1) is 16.4 Å². The van der Waals surface area contributed by atoms with Crippen molar-refractivity contribution in [1.29, 1.82) is 0 Å². The molecule has 6 aromatic rings. The third kappa shape index (κ3) is 3.72. The smallest absolute Gasteiger partial charge is 0.203 e. The fourth-order valence-corrected chi connectivity index (χ4v) is 5.33. The zero-order chi connectivity index (χ0) is 22.2. The second kappa shape index (κ2) is 8.11. The summed E-state index contributed by atoms with van der Waals surface area (Å²) in [5.74, 6) is 0.461.